The number of Topliss-reactive ketones (excluding diaryl/α,β-unsaturated/α-hetero) is 1. The van der Waals surface area contributed by atoms with Crippen LogP contribution < -0.4 is 5.32 Å². The molecule has 178 valence electrons. The number of carbonyl (C=O) groups excluding carboxylic acids is 2. The van der Waals surface area contributed by atoms with E-state index in [9.17, 15) is 19.5 Å². The maximum Gasteiger partial charge on any atom is 0.305 e. The summed E-state index contributed by atoms with van der Waals surface area (Å²) in [5, 5.41) is 12.5. The van der Waals surface area contributed by atoms with Gasteiger partial charge in [-0.05, 0) is 48.6 Å². The van der Waals surface area contributed by atoms with Crippen molar-refractivity contribution < 1.29 is 19.5 Å². The molecule has 0 aliphatic carbocycles. The highest BCUT2D eigenvalue weighted by atomic mass is 35.5. The summed E-state index contributed by atoms with van der Waals surface area (Å²) in [5.74, 6) is -1.28. The number of halogens is 1. The Morgan fingerprint density at radius 1 is 0.971 bits per heavy atom. The Morgan fingerprint density at radius 3 is 2.44 bits per heavy atom. The van der Waals surface area contributed by atoms with Gasteiger partial charge in [0.25, 0.3) is 5.91 Å². The Morgan fingerprint density at radius 2 is 1.71 bits per heavy atom. The van der Waals surface area contributed by atoms with Crippen molar-refractivity contribution in [3.05, 3.63) is 92.6 Å². The van der Waals surface area contributed by atoms with E-state index in [0.29, 0.717) is 15.7 Å². The van der Waals surface area contributed by atoms with E-state index in [1.807, 2.05) is 42.5 Å². The Bertz CT molecular complexity index is 1120. The normalized spacial score (nSPS) is 11.7. The van der Waals surface area contributed by atoms with Crippen molar-refractivity contribution in [3.8, 4) is 0 Å². The van der Waals surface area contributed by atoms with E-state index in [1.165, 1.54) is 28.7 Å². The van der Waals surface area contributed by atoms with Gasteiger partial charge < -0.3 is 10.4 Å². The van der Waals surface area contributed by atoms with Crippen molar-refractivity contribution in [1.29, 1.82) is 0 Å². The molecule has 0 saturated heterocycles. The number of hydrogen-bond acceptors (Lipinski definition) is 5. The van der Waals surface area contributed by atoms with Crippen molar-refractivity contribution in [2.45, 2.75) is 37.5 Å². The lowest BCUT2D eigenvalue weighted by Gasteiger charge is -2.15. The van der Waals surface area contributed by atoms with Gasteiger partial charge in [-0.25, -0.2) is 0 Å². The molecule has 3 rings (SSSR count). The Kier molecular flexibility index (Phi) is 10.2. The lowest BCUT2D eigenvalue weighted by Crippen LogP contribution is -2.43. The molecular weight excluding hydrogens is 490 g/mol. The summed E-state index contributed by atoms with van der Waals surface area (Å²) in [7, 11) is 0. The fourth-order valence-electron chi connectivity index (χ4n) is 3.37. The highest BCUT2D eigenvalue weighted by Gasteiger charge is 2.24. The van der Waals surface area contributed by atoms with E-state index in [1.54, 1.807) is 12.1 Å². The smallest absolute Gasteiger partial charge is 0.305 e. The summed E-state index contributed by atoms with van der Waals surface area (Å²) in [6.07, 6.45) is 2.32. The molecule has 0 fully saturated rings. The number of carbonyl (C=O) groups is 3. The second-order valence-corrected chi connectivity index (χ2v) is 10.3. The molecule has 1 heterocycles. The molecule has 5 nitrogen and oxygen atoms in total. The molecule has 1 atom stereocenters. The first-order valence-corrected chi connectivity index (χ1v) is 13.3. The maximum atomic E-state index is 12.7. The summed E-state index contributed by atoms with van der Waals surface area (Å²) < 4.78 is 0. The Balaban J connectivity index is 1.51. The van der Waals surface area contributed by atoms with Gasteiger partial charge >= 0.3 is 5.97 Å². The largest absolute Gasteiger partial charge is 0.481 e. The molecule has 1 unspecified atom stereocenters. The van der Waals surface area contributed by atoms with Crippen LogP contribution in [-0.4, -0.2) is 34.6 Å². The van der Waals surface area contributed by atoms with E-state index in [4.69, 9.17) is 11.6 Å². The summed E-state index contributed by atoms with van der Waals surface area (Å²) in [6.45, 7) is 0. The molecule has 0 bridgehead atoms. The lowest BCUT2D eigenvalue weighted by molar-refractivity contribution is -0.139. The van der Waals surface area contributed by atoms with E-state index in [0.717, 1.165) is 29.7 Å². The van der Waals surface area contributed by atoms with Crippen LogP contribution in [-0.2, 0) is 28.2 Å². The molecule has 0 spiro atoms. The number of thiophene rings is 1. The minimum absolute atomic E-state index is 0.0820. The third kappa shape index (κ3) is 8.31. The van der Waals surface area contributed by atoms with Gasteiger partial charge in [-0.3, -0.25) is 14.4 Å². The predicted octanol–water partition coefficient (Wildman–Crippen LogP) is 5.65. The highest BCUT2D eigenvalue weighted by molar-refractivity contribution is 7.99. The zero-order chi connectivity index (χ0) is 24.3. The molecule has 1 amide bonds. The lowest BCUT2D eigenvalue weighted by atomic mass is 10.1. The predicted molar refractivity (Wildman–Crippen MR) is 139 cm³/mol. The van der Waals surface area contributed by atoms with Gasteiger partial charge in [-0.2, -0.15) is 0 Å². The third-order valence-corrected chi connectivity index (χ3v) is 7.67. The Hall–Kier alpha value is -2.61. The number of hydrogen-bond donors (Lipinski definition) is 2. The first kappa shape index (κ1) is 26.0. The van der Waals surface area contributed by atoms with Crippen LogP contribution in [0.1, 0.15) is 38.5 Å². The van der Waals surface area contributed by atoms with Crippen LogP contribution in [0.5, 0.6) is 0 Å². The van der Waals surface area contributed by atoms with Crippen molar-refractivity contribution in [3.63, 3.8) is 0 Å². The van der Waals surface area contributed by atoms with E-state index in [-0.39, 0.29) is 11.5 Å². The second-order valence-electron chi connectivity index (χ2n) is 7.78. The summed E-state index contributed by atoms with van der Waals surface area (Å²) in [5.41, 5.74) is 2.18. The molecule has 0 saturated carbocycles. The van der Waals surface area contributed by atoms with E-state index >= 15 is 0 Å². The summed E-state index contributed by atoms with van der Waals surface area (Å²) in [4.78, 5) is 38.2. The van der Waals surface area contributed by atoms with Gasteiger partial charge in [0.2, 0.25) is 0 Å². The molecule has 2 aromatic carbocycles. The molecule has 1 aromatic heterocycles. The van der Waals surface area contributed by atoms with E-state index < -0.39 is 24.3 Å². The summed E-state index contributed by atoms with van der Waals surface area (Å²) in [6, 6.07) is 20.2. The average molecular weight is 516 g/mol. The third-order valence-electron chi connectivity index (χ3n) is 5.15. The zero-order valence-electron chi connectivity index (χ0n) is 18.5. The van der Waals surface area contributed by atoms with Gasteiger partial charge in [0.05, 0.1) is 23.1 Å². The van der Waals surface area contributed by atoms with Crippen LogP contribution in [0.2, 0.25) is 5.02 Å². The number of carboxylic acids is 1. The number of ketones is 1. The molecule has 2 N–H and O–H groups in total. The number of nitrogens with one attached hydrogen (secondary N) is 1. The topological polar surface area (TPSA) is 83.5 Å². The molecule has 0 aliphatic heterocycles. The van der Waals surface area contributed by atoms with Crippen LogP contribution in [0.3, 0.4) is 0 Å². The van der Waals surface area contributed by atoms with Crippen molar-refractivity contribution in [2.24, 2.45) is 0 Å². The molecule has 0 radical (unpaired) electrons. The van der Waals surface area contributed by atoms with Crippen LogP contribution >= 0.6 is 34.7 Å². The number of carboxylic acid groups (broad SMARTS) is 1. The fourth-order valence-corrected chi connectivity index (χ4v) is 5.58. The average Bonchev–Trinajstić information content (AvgIpc) is 3.29. The van der Waals surface area contributed by atoms with Crippen LogP contribution in [0, 0.1) is 0 Å². The van der Waals surface area contributed by atoms with Crippen molar-refractivity contribution in [2.75, 3.05) is 5.75 Å². The number of amides is 1. The number of rotatable bonds is 13. The molecule has 0 aliphatic rings. The maximum absolute atomic E-state index is 12.7. The van der Waals surface area contributed by atoms with Crippen LogP contribution in [0.25, 0.3) is 0 Å². The summed E-state index contributed by atoms with van der Waals surface area (Å²) >= 11 is 8.86. The van der Waals surface area contributed by atoms with Crippen LogP contribution in [0.15, 0.2) is 66.7 Å². The van der Waals surface area contributed by atoms with Gasteiger partial charge in [-0.1, -0.05) is 60.1 Å². The second kappa shape index (κ2) is 13.3. The SMILES string of the molecule is O=C(O)CC(NC(=O)c1ccc(CCCc2ccccc2)s1)C(=O)CSCc1ccccc1Cl. The van der Waals surface area contributed by atoms with Crippen LogP contribution in [0.4, 0.5) is 0 Å². The zero-order valence-corrected chi connectivity index (χ0v) is 20.9. The molecular formula is C26H26ClNO4S2. The quantitative estimate of drug-likeness (QED) is 0.307. The van der Waals surface area contributed by atoms with Gasteiger partial charge in [0, 0.05) is 15.7 Å². The molecule has 8 heteroatoms. The minimum atomic E-state index is -1.14. The Labute approximate surface area is 212 Å². The fraction of sp³-hybridized carbons (Fsp3) is 0.269. The molecule has 34 heavy (non-hydrogen) atoms. The van der Waals surface area contributed by atoms with Gasteiger partial charge in [0.1, 0.15) is 0 Å². The van der Waals surface area contributed by atoms with Crippen molar-refractivity contribution in [1.82, 2.24) is 5.32 Å². The van der Waals surface area contributed by atoms with Crippen molar-refractivity contribution >= 4 is 52.4 Å². The van der Waals surface area contributed by atoms with Gasteiger partial charge in [0.15, 0.2) is 5.78 Å². The highest BCUT2D eigenvalue weighted by Crippen LogP contribution is 2.22. The molecule has 3 aromatic rings. The van der Waals surface area contributed by atoms with E-state index in [2.05, 4.69) is 17.4 Å². The minimum Gasteiger partial charge on any atom is -0.481 e. The van der Waals surface area contributed by atoms with Gasteiger partial charge in [-0.15, -0.1) is 23.1 Å². The first-order chi connectivity index (χ1) is 16.4. The standard InChI is InChI=1S/C26H26ClNO4S2/c27-21-12-5-4-10-19(21)16-33-17-23(29)22(15-25(30)31)28-26(32)24-14-13-20(34-24)11-6-9-18-7-2-1-3-8-18/h1-5,7-8,10,12-14,22H,6,9,11,15-17H2,(H,28,32)(H,30,31). The number of aliphatic carboxylic acids is 1. The first-order valence-electron chi connectivity index (χ1n) is 10.9. The monoisotopic (exact) mass is 515 g/mol. The number of thioether (sulfide) groups is 1. The number of aryl methyl sites for hydroxylation is 2. The number of benzene rings is 2.